The van der Waals surface area contributed by atoms with E-state index in [2.05, 4.69) is 30.3 Å². The van der Waals surface area contributed by atoms with E-state index in [1.54, 1.807) is 25.4 Å². The number of anilines is 2. The van der Waals surface area contributed by atoms with Gasteiger partial charge in [-0.15, -0.1) is 15.3 Å². The van der Waals surface area contributed by atoms with Crippen LogP contribution in [0.1, 0.15) is 16.7 Å². The summed E-state index contributed by atoms with van der Waals surface area (Å²) in [5, 5.41) is 30.5. The minimum atomic E-state index is 0.0182. The summed E-state index contributed by atoms with van der Waals surface area (Å²) >= 11 is 0. The van der Waals surface area contributed by atoms with Gasteiger partial charge in [-0.3, -0.25) is 0 Å². The van der Waals surface area contributed by atoms with Crippen LogP contribution in [0, 0.1) is 29.6 Å². The average molecular weight is 345 g/mol. The van der Waals surface area contributed by atoms with Crippen LogP contribution in [0.15, 0.2) is 34.9 Å². The van der Waals surface area contributed by atoms with Gasteiger partial charge in [0.1, 0.15) is 29.2 Å². The Labute approximate surface area is 147 Å². The molecule has 0 aromatic carbocycles. The van der Waals surface area contributed by atoms with E-state index in [-0.39, 0.29) is 40.2 Å². The van der Waals surface area contributed by atoms with Crippen molar-refractivity contribution in [3.8, 4) is 18.1 Å². The lowest BCUT2D eigenvalue weighted by Gasteiger charge is -2.06. The highest BCUT2D eigenvalue weighted by molar-refractivity contribution is 5.71. The van der Waals surface area contributed by atoms with Crippen molar-refractivity contribution in [2.75, 3.05) is 11.5 Å². The van der Waals surface area contributed by atoms with Gasteiger partial charge in [0, 0.05) is 18.0 Å². The van der Waals surface area contributed by atoms with E-state index in [4.69, 9.17) is 16.7 Å². The molecule has 0 aliphatic rings. The number of aromatic nitrogens is 5. The number of nitrogen functional groups attached to an aromatic ring is 2. The first-order chi connectivity index (χ1) is 12.5. The van der Waals surface area contributed by atoms with Gasteiger partial charge in [-0.2, -0.15) is 10.5 Å². The molecule has 3 aromatic heterocycles. The van der Waals surface area contributed by atoms with E-state index in [9.17, 15) is 5.26 Å². The van der Waals surface area contributed by atoms with Gasteiger partial charge in [0.05, 0.1) is 11.8 Å². The lowest BCUT2D eigenvalue weighted by atomic mass is 10.1. The monoisotopic (exact) mass is 345 g/mol. The van der Waals surface area contributed by atoms with Crippen LogP contribution in [0.5, 0.6) is 0 Å². The zero-order valence-corrected chi connectivity index (χ0v) is 13.5. The van der Waals surface area contributed by atoms with Crippen LogP contribution in [0.4, 0.5) is 23.1 Å². The molecule has 11 heteroatoms. The maximum Gasteiger partial charge on any atom is 0.250 e. The highest BCUT2D eigenvalue weighted by atomic mass is 15.4. The van der Waals surface area contributed by atoms with Gasteiger partial charge in [-0.25, -0.2) is 19.6 Å². The maximum absolute atomic E-state index is 9.26. The van der Waals surface area contributed by atoms with E-state index in [0.29, 0.717) is 5.56 Å². The van der Waals surface area contributed by atoms with Crippen LogP contribution in [0.3, 0.4) is 0 Å². The average Bonchev–Trinajstić information content (AvgIpc) is 3.05. The van der Waals surface area contributed by atoms with E-state index < -0.39 is 0 Å². The fourth-order valence-electron chi connectivity index (χ4n) is 2.14. The SMILES string of the molecule is Cc1c(C#N)c(N)nc(N)c1/N=N/c1nn(-c2ncccn2)cc1C#N. The number of nitrogens with two attached hydrogens (primary N) is 2. The number of nitrogens with zero attached hydrogens (tertiary/aromatic N) is 9. The zero-order valence-electron chi connectivity index (χ0n) is 13.5. The molecule has 0 atom stereocenters. The van der Waals surface area contributed by atoms with Crippen LogP contribution < -0.4 is 11.5 Å². The van der Waals surface area contributed by atoms with Crippen molar-refractivity contribution in [3.63, 3.8) is 0 Å². The molecule has 0 spiro atoms. The van der Waals surface area contributed by atoms with Crippen molar-refractivity contribution in [3.05, 3.63) is 41.3 Å². The van der Waals surface area contributed by atoms with Gasteiger partial charge >= 0.3 is 0 Å². The van der Waals surface area contributed by atoms with Crippen molar-refractivity contribution >= 4 is 23.1 Å². The molecule has 0 aliphatic carbocycles. The number of hydrogen-bond donors (Lipinski definition) is 2. The molecule has 3 aromatic rings. The van der Waals surface area contributed by atoms with E-state index in [1.807, 2.05) is 12.1 Å². The first kappa shape index (κ1) is 16.5. The lowest BCUT2D eigenvalue weighted by Crippen LogP contribution is -2.02. The molecule has 0 bridgehead atoms. The second-order valence-electron chi connectivity index (χ2n) is 5.01. The highest BCUT2D eigenvalue weighted by Crippen LogP contribution is 2.32. The minimum Gasteiger partial charge on any atom is -0.383 e. The van der Waals surface area contributed by atoms with Gasteiger partial charge in [0.15, 0.2) is 5.82 Å². The number of azo groups is 1. The minimum absolute atomic E-state index is 0.0182. The summed E-state index contributed by atoms with van der Waals surface area (Å²) in [5.74, 6) is 0.368. The molecule has 11 nitrogen and oxygen atoms in total. The van der Waals surface area contributed by atoms with Crippen LogP contribution in [-0.4, -0.2) is 24.7 Å². The summed E-state index contributed by atoms with van der Waals surface area (Å²) in [4.78, 5) is 12.0. The van der Waals surface area contributed by atoms with Gasteiger partial charge in [-0.1, -0.05) is 0 Å². The molecule has 26 heavy (non-hydrogen) atoms. The second-order valence-corrected chi connectivity index (χ2v) is 5.01. The maximum atomic E-state index is 9.26. The Kier molecular flexibility index (Phi) is 4.20. The summed E-state index contributed by atoms with van der Waals surface area (Å²) in [6.45, 7) is 1.63. The molecule has 4 N–H and O–H groups in total. The van der Waals surface area contributed by atoms with Crippen LogP contribution >= 0.6 is 0 Å². The highest BCUT2D eigenvalue weighted by Gasteiger charge is 2.15. The summed E-state index contributed by atoms with van der Waals surface area (Å²) in [5.41, 5.74) is 12.4. The summed E-state index contributed by atoms with van der Waals surface area (Å²) in [7, 11) is 0. The van der Waals surface area contributed by atoms with Crippen molar-refractivity contribution in [2.24, 2.45) is 10.2 Å². The summed E-state index contributed by atoms with van der Waals surface area (Å²) in [6, 6.07) is 5.57. The predicted octanol–water partition coefficient (Wildman–Crippen LogP) is 1.69. The molecular weight excluding hydrogens is 334 g/mol. The molecule has 0 unspecified atom stereocenters. The molecule has 0 fully saturated rings. The molecular formula is C15H11N11. The summed E-state index contributed by atoms with van der Waals surface area (Å²) in [6.07, 6.45) is 4.53. The normalized spacial score (nSPS) is 10.6. The van der Waals surface area contributed by atoms with Crippen molar-refractivity contribution in [1.82, 2.24) is 24.7 Å². The van der Waals surface area contributed by atoms with Crippen molar-refractivity contribution in [2.45, 2.75) is 6.92 Å². The standard InChI is InChI=1S/C15H11N11/c1-8-10(6-17)12(18)22-13(19)11(8)23-24-14-9(5-16)7-26(25-14)15-20-3-2-4-21-15/h2-4,7H,1H3,(H4,18,19,22)/b24-23+. The van der Waals surface area contributed by atoms with E-state index >= 15 is 0 Å². The van der Waals surface area contributed by atoms with Gasteiger partial charge in [-0.05, 0) is 13.0 Å². The van der Waals surface area contributed by atoms with Gasteiger partial charge in [0.2, 0.25) is 5.82 Å². The Morgan fingerprint density at radius 2 is 1.81 bits per heavy atom. The Morgan fingerprint density at radius 1 is 1.08 bits per heavy atom. The Balaban J connectivity index is 2.04. The summed E-state index contributed by atoms with van der Waals surface area (Å²) < 4.78 is 1.31. The molecule has 0 aliphatic heterocycles. The first-order valence-corrected chi connectivity index (χ1v) is 7.19. The zero-order chi connectivity index (χ0) is 18.7. The largest absolute Gasteiger partial charge is 0.383 e. The quantitative estimate of drug-likeness (QED) is 0.672. The number of rotatable bonds is 3. The van der Waals surface area contributed by atoms with Gasteiger partial charge < -0.3 is 11.5 Å². The van der Waals surface area contributed by atoms with Crippen molar-refractivity contribution in [1.29, 1.82) is 10.5 Å². The Hall–Kier alpha value is -4.38. The first-order valence-electron chi connectivity index (χ1n) is 7.19. The number of hydrogen-bond acceptors (Lipinski definition) is 10. The molecule has 3 rings (SSSR count). The number of nitriles is 2. The van der Waals surface area contributed by atoms with Crippen molar-refractivity contribution < 1.29 is 0 Å². The molecule has 0 radical (unpaired) electrons. The molecule has 0 saturated carbocycles. The van der Waals surface area contributed by atoms with Crippen LogP contribution in [-0.2, 0) is 0 Å². The smallest absolute Gasteiger partial charge is 0.250 e. The van der Waals surface area contributed by atoms with Crippen LogP contribution in [0.2, 0.25) is 0 Å². The molecule has 3 heterocycles. The van der Waals surface area contributed by atoms with E-state index in [1.165, 1.54) is 10.9 Å². The molecule has 126 valence electrons. The van der Waals surface area contributed by atoms with Gasteiger partial charge in [0.25, 0.3) is 5.95 Å². The number of pyridine rings is 1. The van der Waals surface area contributed by atoms with Crippen LogP contribution in [0.25, 0.3) is 5.95 Å². The lowest BCUT2D eigenvalue weighted by molar-refractivity contribution is 0.806. The fourth-order valence-corrected chi connectivity index (χ4v) is 2.14. The molecule has 0 saturated heterocycles. The predicted molar refractivity (Wildman–Crippen MR) is 90.6 cm³/mol. The Bertz CT molecular complexity index is 1080. The third kappa shape index (κ3) is 2.88. The topological polar surface area (TPSA) is 181 Å². The third-order valence-corrected chi connectivity index (χ3v) is 3.40. The van der Waals surface area contributed by atoms with E-state index in [0.717, 1.165) is 0 Å². The Morgan fingerprint density at radius 3 is 2.46 bits per heavy atom. The molecule has 0 amide bonds. The second kappa shape index (κ2) is 6.62. The fraction of sp³-hybridized carbons (Fsp3) is 0.0667. The third-order valence-electron chi connectivity index (χ3n) is 3.40.